The minimum absolute atomic E-state index is 0.181. The van der Waals surface area contributed by atoms with Crippen LogP contribution in [-0.4, -0.2) is 5.78 Å². The molecule has 0 spiro atoms. The Balaban J connectivity index is 2.65. The molecule has 1 aromatic carbocycles. The van der Waals surface area contributed by atoms with Crippen LogP contribution in [0, 0.1) is 11.3 Å². The van der Waals surface area contributed by atoms with Crippen molar-refractivity contribution in [3.05, 3.63) is 33.3 Å². The van der Waals surface area contributed by atoms with Gasteiger partial charge >= 0.3 is 0 Å². The first-order valence-corrected chi connectivity index (χ1v) is 4.77. The lowest BCUT2D eigenvalue weighted by Gasteiger charge is -1.99. The molecule has 1 aliphatic carbocycles. The maximum atomic E-state index is 11.3. The van der Waals surface area contributed by atoms with Crippen LogP contribution in [0.2, 0.25) is 0 Å². The van der Waals surface area contributed by atoms with Gasteiger partial charge in [0.2, 0.25) is 0 Å². The van der Waals surface area contributed by atoms with E-state index in [4.69, 9.17) is 5.26 Å². The Kier molecular flexibility index (Phi) is 1.93. The van der Waals surface area contributed by atoms with E-state index in [9.17, 15) is 4.79 Å². The SMILES string of the molecule is N#Cc1cc2c(cc1Br)C(=O)CC2. The summed E-state index contributed by atoms with van der Waals surface area (Å²) in [6, 6.07) is 5.63. The van der Waals surface area contributed by atoms with Crippen molar-refractivity contribution in [3.8, 4) is 6.07 Å². The van der Waals surface area contributed by atoms with Crippen molar-refractivity contribution in [3.63, 3.8) is 0 Å². The van der Waals surface area contributed by atoms with Crippen molar-refractivity contribution in [2.45, 2.75) is 12.8 Å². The monoisotopic (exact) mass is 235 g/mol. The summed E-state index contributed by atoms with van der Waals surface area (Å²) >= 11 is 3.26. The molecule has 2 nitrogen and oxygen atoms in total. The van der Waals surface area contributed by atoms with Gasteiger partial charge in [-0.25, -0.2) is 0 Å². The van der Waals surface area contributed by atoms with Crippen LogP contribution in [0.3, 0.4) is 0 Å². The summed E-state index contributed by atoms with van der Waals surface area (Å²) in [7, 11) is 0. The Hall–Kier alpha value is -1.14. The van der Waals surface area contributed by atoms with E-state index >= 15 is 0 Å². The van der Waals surface area contributed by atoms with Crippen molar-refractivity contribution in [2.75, 3.05) is 0 Å². The van der Waals surface area contributed by atoms with Gasteiger partial charge in [0.15, 0.2) is 5.78 Å². The molecule has 0 aromatic heterocycles. The highest BCUT2D eigenvalue weighted by molar-refractivity contribution is 9.10. The number of carbonyl (C=O) groups is 1. The van der Waals surface area contributed by atoms with E-state index < -0.39 is 0 Å². The highest BCUT2D eigenvalue weighted by atomic mass is 79.9. The second kappa shape index (κ2) is 2.97. The Morgan fingerprint density at radius 3 is 2.85 bits per heavy atom. The van der Waals surface area contributed by atoms with Crippen LogP contribution in [0.5, 0.6) is 0 Å². The molecule has 0 atom stereocenters. The van der Waals surface area contributed by atoms with Crippen molar-refractivity contribution >= 4 is 21.7 Å². The molecule has 13 heavy (non-hydrogen) atoms. The molecule has 0 saturated heterocycles. The molecule has 0 unspecified atom stereocenters. The third kappa shape index (κ3) is 1.27. The molecule has 0 heterocycles. The molecule has 3 heteroatoms. The van der Waals surface area contributed by atoms with Gasteiger partial charge in [-0.2, -0.15) is 5.26 Å². The lowest BCUT2D eigenvalue weighted by atomic mass is 10.1. The van der Waals surface area contributed by atoms with Gasteiger partial charge in [-0.15, -0.1) is 0 Å². The Bertz CT molecular complexity index is 431. The third-order valence-electron chi connectivity index (χ3n) is 2.24. The molecule has 0 saturated carbocycles. The number of halogens is 1. The molecular formula is C10H6BrNO. The van der Waals surface area contributed by atoms with Crippen LogP contribution < -0.4 is 0 Å². The zero-order valence-electron chi connectivity index (χ0n) is 6.80. The molecule has 0 N–H and O–H groups in total. The number of ketones is 1. The van der Waals surface area contributed by atoms with Crippen LogP contribution >= 0.6 is 15.9 Å². The number of aryl methyl sites for hydroxylation is 1. The number of carbonyl (C=O) groups excluding carboxylic acids is 1. The second-order valence-corrected chi connectivity index (χ2v) is 3.88. The number of rotatable bonds is 0. The first kappa shape index (κ1) is 8.46. The molecule has 64 valence electrons. The van der Waals surface area contributed by atoms with Gasteiger partial charge in [-0.05, 0) is 40.0 Å². The predicted molar refractivity (Wildman–Crippen MR) is 51.5 cm³/mol. The third-order valence-corrected chi connectivity index (χ3v) is 2.89. The molecular weight excluding hydrogens is 230 g/mol. The number of nitriles is 1. The van der Waals surface area contributed by atoms with Crippen molar-refractivity contribution in [2.24, 2.45) is 0 Å². The van der Waals surface area contributed by atoms with Gasteiger partial charge in [0, 0.05) is 16.5 Å². The van der Waals surface area contributed by atoms with Gasteiger partial charge in [0.1, 0.15) is 6.07 Å². The maximum absolute atomic E-state index is 11.3. The lowest BCUT2D eigenvalue weighted by Crippen LogP contribution is -1.92. The van der Waals surface area contributed by atoms with Crippen LogP contribution in [-0.2, 0) is 6.42 Å². The number of hydrogen-bond acceptors (Lipinski definition) is 2. The van der Waals surface area contributed by atoms with E-state index in [-0.39, 0.29) is 5.78 Å². The number of benzene rings is 1. The average molecular weight is 236 g/mol. The summed E-state index contributed by atoms with van der Waals surface area (Å²) in [5.41, 5.74) is 2.38. The van der Waals surface area contributed by atoms with E-state index in [2.05, 4.69) is 22.0 Å². The number of hydrogen-bond donors (Lipinski definition) is 0. The van der Waals surface area contributed by atoms with Gasteiger partial charge in [0.25, 0.3) is 0 Å². The summed E-state index contributed by atoms with van der Waals surface area (Å²) in [6.07, 6.45) is 1.35. The molecule has 0 radical (unpaired) electrons. The summed E-state index contributed by atoms with van der Waals surface area (Å²) in [6.45, 7) is 0. The van der Waals surface area contributed by atoms with E-state index in [1.807, 2.05) is 0 Å². The minimum Gasteiger partial charge on any atom is -0.294 e. The quantitative estimate of drug-likeness (QED) is 0.694. The topological polar surface area (TPSA) is 40.9 Å². The zero-order valence-corrected chi connectivity index (χ0v) is 8.39. The lowest BCUT2D eigenvalue weighted by molar-refractivity contribution is 0.0994. The summed E-state index contributed by atoms with van der Waals surface area (Å²) < 4.78 is 0.712. The average Bonchev–Trinajstić information content (AvgIpc) is 2.47. The predicted octanol–water partition coefficient (Wildman–Crippen LogP) is 2.45. The molecule has 1 aliphatic rings. The Morgan fingerprint density at radius 1 is 1.38 bits per heavy atom. The van der Waals surface area contributed by atoms with E-state index in [1.165, 1.54) is 0 Å². The fraction of sp³-hybridized carbons (Fsp3) is 0.200. The van der Waals surface area contributed by atoms with Crippen LogP contribution in [0.1, 0.15) is 27.9 Å². The number of fused-ring (bicyclic) bond motifs is 1. The van der Waals surface area contributed by atoms with Gasteiger partial charge < -0.3 is 0 Å². The minimum atomic E-state index is 0.181. The first-order chi connectivity index (χ1) is 6.22. The van der Waals surface area contributed by atoms with Crippen molar-refractivity contribution < 1.29 is 4.79 Å². The number of nitrogens with zero attached hydrogens (tertiary/aromatic N) is 1. The Morgan fingerprint density at radius 2 is 2.15 bits per heavy atom. The zero-order chi connectivity index (χ0) is 9.42. The van der Waals surface area contributed by atoms with Gasteiger partial charge in [-0.1, -0.05) is 0 Å². The standard InChI is InChI=1S/C10H6BrNO/c11-9-4-8-6(1-2-10(8)13)3-7(9)5-12/h3-4H,1-2H2. The van der Waals surface area contributed by atoms with Crippen LogP contribution in [0.25, 0.3) is 0 Å². The van der Waals surface area contributed by atoms with E-state index in [0.717, 1.165) is 17.5 Å². The number of Topliss-reactive ketones (excluding diaryl/α,β-unsaturated/α-hetero) is 1. The maximum Gasteiger partial charge on any atom is 0.163 e. The molecule has 0 aliphatic heterocycles. The Labute approximate surface area is 84.3 Å². The van der Waals surface area contributed by atoms with Gasteiger partial charge in [0.05, 0.1) is 5.56 Å². The summed E-state index contributed by atoms with van der Waals surface area (Å²) in [4.78, 5) is 11.3. The second-order valence-electron chi connectivity index (χ2n) is 3.02. The normalized spacial score (nSPS) is 14.0. The first-order valence-electron chi connectivity index (χ1n) is 3.98. The molecule has 2 rings (SSSR count). The molecule has 0 fully saturated rings. The van der Waals surface area contributed by atoms with E-state index in [1.54, 1.807) is 12.1 Å². The smallest absolute Gasteiger partial charge is 0.163 e. The molecule has 0 bridgehead atoms. The van der Waals surface area contributed by atoms with Crippen LogP contribution in [0.4, 0.5) is 0 Å². The summed E-state index contributed by atoms with van der Waals surface area (Å²) in [5, 5.41) is 8.75. The van der Waals surface area contributed by atoms with Crippen molar-refractivity contribution in [1.29, 1.82) is 5.26 Å². The largest absolute Gasteiger partial charge is 0.294 e. The van der Waals surface area contributed by atoms with Crippen molar-refractivity contribution in [1.82, 2.24) is 0 Å². The fourth-order valence-electron chi connectivity index (χ4n) is 1.55. The van der Waals surface area contributed by atoms with Gasteiger partial charge in [-0.3, -0.25) is 4.79 Å². The highest BCUT2D eigenvalue weighted by Gasteiger charge is 2.20. The summed E-state index contributed by atoms with van der Waals surface area (Å²) in [5.74, 6) is 0.181. The van der Waals surface area contributed by atoms with Crippen LogP contribution in [0.15, 0.2) is 16.6 Å². The van der Waals surface area contributed by atoms with E-state index in [0.29, 0.717) is 16.5 Å². The molecule has 1 aromatic rings. The molecule has 0 amide bonds. The fourth-order valence-corrected chi connectivity index (χ4v) is 1.99. The highest BCUT2D eigenvalue weighted by Crippen LogP contribution is 2.28.